The van der Waals surface area contributed by atoms with Crippen LogP contribution >= 0.6 is 0 Å². The van der Waals surface area contributed by atoms with Gasteiger partial charge < -0.3 is 4.74 Å². The molecule has 4 heteroatoms. The Labute approximate surface area is 109 Å². The highest BCUT2D eigenvalue weighted by atomic mass is 16.5. The fourth-order valence-corrected chi connectivity index (χ4v) is 2.16. The molecular formula is C14H22N2O2. The molecule has 2 N–H and O–H groups in total. The Bertz CT molecular complexity index is 417. The molecule has 1 rings (SSSR count). The number of methoxy groups -OCH3 is 1. The maximum Gasteiger partial charge on any atom is 0.234 e. The van der Waals surface area contributed by atoms with Crippen LogP contribution in [0.4, 0.5) is 0 Å². The number of ether oxygens (including phenoxy) is 1. The number of hydrogen-bond acceptors (Lipinski definition) is 3. The molecule has 0 aliphatic rings. The van der Waals surface area contributed by atoms with Crippen molar-refractivity contribution in [1.29, 1.82) is 0 Å². The number of rotatable bonds is 6. The maximum absolute atomic E-state index is 11.3. The first-order valence-electron chi connectivity index (χ1n) is 6.18. The van der Waals surface area contributed by atoms with Gasteiger partial charge in [0.05, 0.1) is 7.11 Å². The lowest BCUT2D eigenvalue weighted by Crippen LogP contribution is -2.33. The molecule has 0 heterocycles. The Morgan fingerprint density at radius 2 is 2.06 bits per heavy atom. The largest absolute Gasteiger partial charge is 0.496 e. The second kappa shape index (κ2) is 7.01. The molecule has 0 aliphatic carbocycles. The van der Waals surface area contributed by atoms with Gasteiger partial charge in [-0.05, 0) is 37.8 Å². The second-order valence-corrected chi connectivity index (χ2v) is 4.43. The molecule has 1 aromatic carbocycles. The van der Waals surface area contributed by atoms with Crippen LogP contribution in [0.25, 0.3) is 0 Å². The Hall–Kier alpha value is -1.55. The summed E-state index contributed by atoms with van der Waals surface area (Å²) in [6, 6.07) is 4.23. The molecule has 100 valence electrons. The van der Waals surface area contributed by atoms with Crippen molar-refractivity contribution in [3.05, 3.63) is 28.8 Å². The fourth-order valence-electron chi connectivity index (χ4n) is 2.16. The summed E-state index contributed by atoms with van der Waals surface area (Å²) < 4.78 is 5.42. The van der Waals surface area contributed by atoms with Crippen molar-refractivity contribution >= 4 is 5.91 Å². The van der Waals surface area contributed by atoms with Gasteiger partial charge in [0.2, 0.25) is 5.91 Å². The summed E-state index contributed by atoms with van der Waals surface area (Å²) >= 11 is 0. The van der Waals surface area contributed by atoms with E-state index in [1.807, 2.05) is 6.92 Å². The van der Waals surface area contributed by atoms with Gasteiger partial charge in [-0.1, -0.05) is 17.7 Å². The average molecular weight is 250 g/mol. The molecule has 0 saturated carbocycles. The smallest absolute Gasteiger partial charge is 0.234 e. The SMILES string of the molecule is CNNC(=O)CCCc1cc(C)cc(C)c1OC. The zero-order valence-corrected chi connectivity index (χ0v) is 11.6. The topological polar surface area (TPSA) is 50.4 Å². The van der Waals surface area contributed by atoms with E-state index < -0.39 is 0 Å². The molecule has 1 aromatic rings. The van der Waals surface area contributed by atoms with Gasteiger partial charge >= 0.3 is 0 Å². The van der Waals surface area contributed by atoms with Crippen LogP contribution in [-0.4, -0.2) is 20.1 Å². The first-order valence-corrected chi connectivity index (χ1v) is 6.18. The van der Waals surface area contributed by atoms with Crippen LogP contribution in [0.15, 0.2) is 12.1 Å². The summed E-state index contributed by atoms with van der Waals surface area (Å²) in [5.74, 6) is 0.954. The third-order valence-corrected chi connectivity index (χ3v) is 2.81. The van der Waals surface area contributed by atoms with E-state index in [1.165, 1.54) is 11.1 Å². The van der Waals surface area contributed by atoms with Gasteiger partial charge in [0.15, 0.2) is 0 Å². The normalized spacial score (nSPS) is 10.2. The van der Waals surface area contributed by atoms with Crippen molar-refractivity contribution in [3.8, 4) is 5.75 Å². The predicted octanol–water partition coefficient (Wildman–Crippen LogP) is 1.89. The second-order valence-electron chi connectivity index (χ2n) is 4.43. The number of benzene rings is 1. The predicted molar refractivity (Wildman–Crippen MR) is 72.6 cm³/mol. The number of hydrazine groups is 1. The highest BCUT2D eigenvalue weighted by molar-refractivity contribution is 5.75. The van der Waals surface area contributed by atoms with Gasteiger partial charge in [-0.2, -0.15) is 0 Å². The minimum atomic E-state index is 0.0147. The lowest BCUT2D eigenvalue weighted by atomic mass is 10.0. The van der Waals surface area contributed by atoms with Gasteiger partial charge in [-0.3, -0.25) is 10.2 Å². The van der Waals surface area contributed by atoms with Crippen molar-refractivity contribution in [2.45, 2.75) is 33.1 Å². The van der Waals surface area contributed by atoms with Gasteiger partial charge in [0.1, 0.15) is 5.75 Å². The van der Waals surface area contributed by atoms with E-state index in [-0.39, 0.29) is 5.91 Å². The summed E-state index contributed by atoms with van der Waals surface area (Å²) in [6.45, 7) is 4.12. The first kappa shape index (κ1) is 14.5. The Kier molecular flexibility index (Phi) is 5.65. The fraction of sp³-hybridized carbons (Fsp3) is 0.500. The van der Waals surface area contributed by atoms with Crippen LogP contribution in [-0.2, 0) is 11.2 Å². The minimum Gasteiger partial charge on any atom is -0.496 e. The van der Waals surface area contributed by atoms with Crippen molar-refractivity contribution in [2.24, 2.45) is 0 Å². The first-order chi connectivity index (χ1) is 8.58. The summed E-state index contributed by atoms with van der Waals surface area (Å²) in [5, 5.41) is 0. The lowest BCUT2D eigenvalue weighted by Gasteiger charge is -2.12. The van der Waals surface area contributed by atoms with Gasteiger partial charge in [-0.25, -0.2) is 5.43 Å². The molecule has 18 heavy (non-hydrogen) atoms. The standard InChI is InChI=1S/C14H22N2O2/c1-10-8-11(2)14(18-4)12(9-10)6-5-7-13(17)16-15-3/h8-9,15H,5-7H2,1-4H3,(H,16,17). The van der Waals surface area contributed by atoms with Crippen LogP contribution < -0.4 is 15.6 Å². The Morgan fingerprint density at radius 3 is 2.67 bits per heavy atom. The summed E-state index contributed by atoms with van der Waals surface area (Å²) in [7, 11) is 3.37. The van der Waals surface area contributed by atoms with E-state index in [0.29, 0.717) is 6.42 Å². The maximum atomic E-state index is 11.3. The molecule has 0 saturated heterocycles. The molecule has 0 atom stereocenters. The average Bonchev–Trinajstić information content (AvgIpc) is 2.28. The van der Waals surface area contributed by atoms with Crippen molar-refractivity contribution in [3.63, 3.8) is 0 Å². The van der Waals surface area contributed by atoms with Crippen LogP contribution in [0.5, 0.6) is 5.75 Å². The van der Waals surface area contributed by atoms with E-state index >= 15 is 0 Å². The van der Waals surface area contributed by atoms with Crippen LogP contribution in [0.3, 0.4) is 0 Å². The number of carbonyl (C=O) groups is 1. The number of carbonyl (C=O) groups excluding carboxylic acids is 1. The number of amides is 1. The number of hydrogen-bond donors (Lipinski definition) is 2. The molecule has 0 radical (unpaired) electrons. The monoisotopic (exact) mass is 250 g/mol. The zero-order valence-electron chi connectivity index (χ0n) is 11.6. The van der Waals surface area contributed by atoms with Gasteiger partial charge in [0, 0.05) is 13.5 Å². The highest BCUT2D eigenvalue weighted by Crippen LogP contribution is 2.26. The van der Waals surface area contributed by atoms with Crippen LogP contribution in [0.1, 0.15) is 29.5 Å². The molecule has 0 aromatic heterocycles. The third-order valence-electron chi connectivity index (χ3n) is 2.81. The molecule has 4 nitrogen and oxygen atoms in total. The Balaban J connectivity index is 2.64. The summed E-state index contributed by atoms with van der Waals surface area (Å²) in [4.78, 5) is 11.3. The van der Waals surface area contributed by atoms with Crippen LogP contribution in [0, 0.1) is 13.8 Å². The minimum absolute atomic E-state index is 0.0147. The lowest BCUT2D eigenvalue weighted by molar-refractivity contribution is -0.122. The third kappa shape index (κ3) is 4.04. The Morgan fingerprint density at radius 1 is 1.33 bits per heavy atom. The molecular weight excluding hydrogens is 228 g/mol. The molecule has 0 unspecified atom stereocenters. The summed E-state index contributed by atoms with van der Waals surface area (Å²) in [5.41, 5.74) is 8.74. The zero-order chi connectivity index (χ0) is 13.5. The highest BCUT2D eigenvalue weighted by Gasteiger charge is 2.08. The van der Waals surface area contributed by atoms with E-state index in [1.54, 1.807) is 14.2 Å². The van der Waals surface area contributed by atoms with E-state index in [4.69, 9.17) is 4.74 Å². The van der Waals surface area contributed by atoms with E-state index in [9.17, 15) is 4.79 Å². The van der Waals surface area contributed by atoms with E-state index in [2.05, 4.69) is 29.9 Å². The van der Waals surface area contributed by atoms with Gasteiger partial charge in [0.25, 0.3) is 0 Å². The quantitative estimate of drug-likeness (QED) is 0.758. The van der Waals surface area contributed by atoms with Crippen molar-refractivity contribution in [2.75, 3.05) is 14.2 Å². The molecule has 0 aliphatic heterocycles. The molecule has 0 bridgehead atoms. The molecule has 1 amide bonds. The van der Waals surface area contributed by atoms with Crippen LogP contribution in [0.2, 0.25) is 0 Å². The number of aryl methyl sites for hydroxylation is 3. The molecule has 0 fully saturated rings. The van der Waals surface area contributed by atoms with E-state index in [0.717, 1.165) is 24.2 Å². The van der Waals surface area contributed by atoms with Crippen molar-refractivity contribution < 1.29 is 9.53 Å². The van der Waals surface area contributed by atoms with Crippen molar-refractivity contribution in [1.82, 2.24) is 10.9 Å². The number of nitrogens with one attached hydrogen (secondary N) is 2. The van der Waals surface area contributed by atoms with Gasteiger partial charge in [-0.15, -0.1) is 0 Å². The summed E-state index contributed by atoms with van der Waals surface area (Å²) in [6.07, 6.45) is 2.17. The molecule has 0 spiro atoms.